The van der Waals surface area contributed by atoms with Gasteiger partial charge in [0.1, 0.15) is 0 Å². The normalized spacial score (nSPS) is 11.3. The van der Waals surface area contributed by atoms with Gasteiger partial charge < -0.3 is 5.11 Å². The minimum absolute atomic E-state index is 0. The molecule has 0 aliphatic rings. The van der Waals surface area contributed by atoms with Gasteiger partial charge in [-0.2, -0.15) is 8.42 Å². The summed E-state index contributed by atoms with van der Waals surface area (Å²) < 4.78 is 27.0. The molecule has 0 saturated carbocycles. The first-order valence-electron chi connectivity index (χ1n) is 7.60. The topological polar surface area (TPSA) is 63.6 Å². The van der Waals surface area contributed by atoms with Crippen molar-refractivity contribution in [1.29, 1.82) is 0 Å². The Labute approximate surface area is 147 Å². The molecule has 0 spiro atoms. The Hall–Kier alpha value is 0.870. The van der Waals surface area contributed by atoms with Crippen LogP contribution in [0.3, 0.4) is 0 Å². The third kappa shape index (κ3) is 16.9. The molecule has 0 bridgehead atoms. The van der Waals surface area contributed by atoms with Crippen molar-refractivity contribution in [3.63, 3.8) is 0 Å². The summed E-state index contributed by atoms with van der Waals surface area (Å²) >= 11 is 0. The van der Waals surface area contributed by atoms with Gasteiger partial charge in [-0.25, -0.2) is 0 Å². The fourth-order valence-electron chi connectivity index (χ4n) is 1.95. The van der Waals surface area contributed by atoms with Gasteiger partial charge in [-0.15, -0.1) is 0 Å². The Morgan fingerprint density at radius 3 is 1.75 bits per heavy atom. The van der Waals surface area contributed by atoms with E-state index in [9.17, 15) is 8.42 Å². The first-order valence-corrected chi connectivity index (χ1v) is 9.18. The zero-order chi connectivity index (χ0) is 14.4. The number of aliphatic hydroxyl groups excluding tert-OH is 1. The number of hydrogen-bond acceptors (Lipinski definition) is 4. The summed E-state index contributed by atoms with van der Waals surface area (Å²) in [7, 11) is -3.49. The van der Waals surface area contributed by atoms with Crippen LogP contribution < -0.4 is 0 Å². The summed E-state index contributed by atoms with van der Waals surface area (Å²) in [5.41, 5.74) is 0. The van der Waals surface area contributed by atoms with E-state index in [1.54, 1.807) is 0 Å². The van der Waals surface area contributed by atoms with Gasteiger partial charge in [0.05, 0.1) is 19.0 Å². The molecule has 1 N–H and O–H groups in total. The summed E-state index contributed by atoms with van der Waals surface area (Å²) in [6.07, 6.45) is 12.1. The summed E-state index contributed by atoms with van der Waals surface area (Å²) in [5.74, 6) is -0.301. The standard InChI is InChI=1S/C14H30O4S.Na.H/c1-2-3-4-5-6-7-8-9-10-11-13-18-19(16,17)14-12-15;;/h15H,2-14H2,1H3;;. The number of hydrogen-bond donors (Lipinski definition) is 1. The van der Waals surface area contributed by atoms with E-state index in [1.165, 1.54) is 44.9 Å². The maximum absolute atomic E-state index is 11.1. The van der Waals surface area contributed by atoms with E-state index < -0.39 is 10.1 Å². The van der Waals surface area contributed by atoms with Crippen molar-refractivity contribution in [2.45, 2.75) is 71.1 Å². The predicted octanol–water partition coefficient (Wildman–Crippen LogP) is 2.60. The van der Waals surface area contributed by atoms with Crippen molar-refractivity contribution in [2.24, 2.45) is 0 Å². The predicted molar refractivity (Wildman–Crippen MR) is 85.8 cm³/mol. The van der Waals surface area contributed by atoms with Gasteiger partial charge in [0, 0.05) is 0 Å². The maximum atomic E-state index is 11.1. The number of unbranched alkanes of at least 4 members (excludes halogenated alkanes) is 9. The first kappa shape index (κ1) is 23.1. The quantitative estimate of drug-likeness (QED) is 0.304. The second-order valence-electron chi connectivity index (χ2n) is 4.99. The van der Waals surface area contributed by atoms with Gasteiger partial charge in [0.15, 0.2) is 0 Å². The van der Waals surface area contributed by atoms with E-state index in [4.69, 9.17) is 9.29 Å². The fraction of sp³-hybridized carbons (Fsp3) is 1.00. The fourth-order valence-corrected chi connectivity index (χ4v) is 2.66. The second kappa shape index (κ2) is 16.2. The molecular formula is C14H31NaO4S. The summed E-state index contributed by atoms with van der Waals surface area (Å²) in [6.45, 7) is 2.10. The average Bonchev–Trinajstić information content (AvgIpc) is 2.36. The van der Waals surface area contributed by atoms with E-state index in [2.05, 4.69) is 6.92 Å². The van der Waals surface area contributed by atoms with Crippen LogP contribution in [0.5, 0.6) is 0 Å². The van der Waals surface area contributed by atoms with Gasteiger partial charge in [0.2, 0.25) is 0 Å². The molecule has 0 fully saturated rings. The third-order valence-electron chi connectivity index (χ3n) is 3.10. The summed E-state index contributed by atoms with van der Waals surface area (Å²) in [4.78, 5) is 0. The molecule has 0 heterocycles. The molecular weight excluding hydrogens is 287 g/mol. The van der Waals surface area contributed by atoms with Crippen molar-refractivity contribution < 1.29 is 17.7 Å². The molecule has 0 amide bonds. The molecule has 0 aliphatic carbocycles. The summed E-state index contributed by atoms with van der Waals surface area (Å²) in [5, 5.41) is 8.52. The molecule has 20 heavy (non-hydrogen) atoms. The average molecular weight is 318 g/mol. The van der Waals surface area contributed by atoms with E-state index in [1.807, 2.05) is 0 Å². The molecule has 0 aliphatic heterocycles. The molecule has 0 rings (SSSR count). The van der Waals surface area contributed by atoms with E-state index in [0.29, 0.717) is 0 Å². The Balaban J connectivity index is 0. The van der Waals surface area contributed by atoms with Crippen LogP contribution in [0.15, 0.2) is 0 Å². The monoisotopic (exact) mass is 318 g/mol. The molecule has 0 unspecified atom stereocenters. The van der Waals surface area contributed by atoms with Gasteiger partial charge >= 0.3 is 29.6 Å². The molecule has 0 aromatic rings. The molecule has 0 radical (unpaired) electrons. The molecule has 0 atom stereocenters. The van der Waals surface area contributed by atoms with Gasteiger partial charge in [-0.3, -0.25) is 4.18 Å². The van der Waals surface area contributed by atoms with Gasteiger partial charge in [-0.05, 0) is 6.42 Å². The van der Waals surface area contributed by atoms with Crippen molar-refractivity contribution in [3.05, 3.63) is 0 Å². The SMILES string of the molecule is CCCCCCCCCCCCOS(=O)(=O)CCO.[NaH]. The first-order chi connectivity index (χ1) is 9.12. The molecule has 0 aromatic heterocycles. The van der Waals surface area contributed by atoms with E-state index in [0.717, 1.165) is 19.3 Å². The molecule has 0 saturated heterocycles. The van der Waals surface area contributed by atoms with Crippen molar-refractivity contribution in [1.82, 2.24) is 0 Å². The van der Waals surface area contributed by atoms with Crippen LogP contribution in [-0.2, 0) is 14.3 Å². The van der Waals surface area contributed by atoms with E-state index in [-0.39, 0.29) is 48.5 Å². The molecule has 6 heteroatoms. The van der Waals surface area contributed by atoms with Gasteiger partial charge in [0.25, 0.3) is 10.1 Å². The van der Waals surface area contributed by atoms with Crippen LogP contribution in [0, 0.1) is 0 Å². The summed E-state index contributed by atoms with van der Waals surface area (Å²) in [6, 6.07) is 0. The molecule has 4 nitrogen and oxygen atoms in total. The second-order valence-corrected chi connectivity index (χ2v) is 6.75. The van der Waals surface area contributed by atoms with Crippen LogP contribution in [0.1, 0.15) is 71.1 Å². The van der Waals surface area contributed by atoms with Crippen LogP contribution >= 0.6 is 0 Å². The molecule has 0 aromatic carbocycles. The minimum atomic E-state index is -3.49. The Kier molecular flexibility index (Phi) is 18.8. The Morgan fingerprint density at radius 2 is 1.30 bits per heavy atom. The van der Waals surface area contributed by atoms with Crippen molar-refractivity contribution in [3.8, 4) is 0 Å². The van der Waals surface area contributed by atoms with Crippen molar-refractivity contribution in [2.75, 3.05) is 19.0 Å². The number of aliphatic hydroxyl groups is 1. The third-order valence-corrected chi connectivity index (χ3v) is 4.31. The number of rotatable bonds is 14. The van der Waals surface area contributed by atoms with Crippen LogP contribution in [0.4, 0.5) is 0 Å². The van der Waals surface area contributed by atoms with Crippen molar-refractivity contribution >= 4 is 39.7 Å². The Bertz CT molecular complexity index is 281. The van der Waals surface area contributed by atoms with Crippen LogP contribution in [0.25, 0.3) is 0 Å². The van der Waals surface area contributed by atoms with Gasteiger partial charge in [-0.1, -0.05) is 64.7 Å². The van der Waals surface area contributed by atoms with Crippen LogP contribution in [0.2, 0.25) is 0 Å². The van der Waals surface area contributed by atoms with Crippen LogP contribution in [-0.4, -0.2) is 62.0 Å². The zero-order valence-corrected chi connectivity index (χ0v) is 13.1. The Morgan fingerprint density at radius 1 is 0.850 bits per heavy atom. The zero-order valence-electron chi connectivity index (χ0n) is 12.3. The van der Waals surface area contributed by atoms with E-state index >= 15 is 0 Å². The molecule has 118 valence electrons.